The van der Waals surface area contributed by atoms with Crippen molar-refractivity contribution < 1.29 is 38.5 Å². The third-order valence-electron chi connectivity index (χ3n) is 9.25. The van der Waals surface area contributed by atoms with Gasteiger partial charge in [0.25, 0.3) is 0 Å². The fraction of sp³-hybridized carbons (Fsp3) is 0.692. The largest absolute Gasteiger partial charge is 0.481 e. The number of ether oxygens (including phenoxy) is 1. The van der Waals surface area contributed by atoms with Crippen LogP contribution in [0.2, 0.25) is 0 Å². The molecule has 4 aliphatic rings. The van der Waals surface area contributed by atoms with Gasteiger partial charge in [-0.1, -0.05) is 25.5 Å². The van der Waals surface area contributed by atoms with Gasteiger partial charge in [-0.25, -0.2) is 4.39 Å². The lowest BCUT2D eigenvalue weighted by Gasteiger charge is -2.61. The first-order valence-electron chi connectivity index (χ1n) is 12.1. The Morgan fingerprint density at radius 2 is 1.91 bits per heavy atom. The van der Waals surface area contributed by atoms with E-state index in [-0.39, 0.29) is 42.7 Å². The van der Waals surface area contributed by atoms with E-state index >= 15 is 4.39 Å². The number of aliphatic hydroxyl groups is 1. The third kappa shape index (κ3) is 3.56. The van der Waals surface area contributed by atoms with Crippen molar-refractivity contribution in [2.45, 2.75) is 71.1 Å². The predicted octanol–water partition coefficient (Wildman–Crippen LogP) is 3.20. The normalized spacial score (nSPS) is 42.8. The van der Waals surface area contributed by atoms with Crippen molar-refractivity contribution in [3.05, 3.63) is 23.8 Å². The van der Waals surface area contributed by atoms with Crippen molar-refractivity contribution in [2.75, 3.05) is 6.61 Å². The van der Waals surface area contributed by atoms with Crippen molar-refractivity contribution in [3.63, 3.8) is 0 Å². The first-order chi connectivity index (χ1) is 15.8. The van der Waals surface area contributed by atoms with Gasteiger partial charge in [0.2, 0.25) is 0 Å². The summed E-state index contributed by atoms with van der Waals surface area (Å²) in [7, 11) is 0. The lowest BCUT2D eigenvalue weighted by atomic mass is 9.45. The van der Waals surface area contributed by atoms with Gasteiger partial charge in [0, 0.05) is 17.3 Å². The number of rotatable bonds is 6. The second-order valence-corrected chi connectivity index (χ2v) is 11.1. The van der Waals surface area contributed by atoms with Crippen LogP contribution in [0, 0.1) is 34.5 Å². The standard InChI is InChI=1S/C26H33FO7/c1-14-10-18-17-5-4-15-11-16(28)8-9-25(15,3)26(17,27)20(30)12-24(18,2)23(14)19(29)13-34-22(33)7-6-21(31)32/h8-9,11,14,17-18,20,23,30H,4-7,10,12-13H2,1-3H3,(H,31,32)/t14-,17+,18+,20+,23-,24+,25+,26+/m1/s1. The van der Waals surface area contributed by atoms with Crippen LogP contribution < -0.4 is 0 Å². The average molecular weight is 477 g/mol. The van der Waals surface area contributed by atoms with Crippen LogP contribution >= 0.6 is 0 Å². The summed E-state index contributed by atoms with van der Waals surface area (Å²) in [5, 5.41) is 20.0. The molecule has 0 heterocycles. The molecule has 0 aromatic carbocycles. The number of carbonyl (C=O) groups excluding carboxylic acids is 3. The fourth-order valence-electron chi connectivity index (χ4n) is 7.79. The maximum absolute atomic E-state index is 17.1. The minimum atomic E-state index is -1.95. The maximum atomic E-state index is 17.1. The smallest absolute Gasteiger partial charge is 0.306 e. The number of allylic oxidation sites excluding steroid dienone is 4. The van der Waals surface area contributed by atoms with Gasteiger partial charge in [0.05, 0.1) is 18.9 Å². The monoisotopic (exact) mass is 476 g/mol. The Bertz CT molecular complexity index is 986. The number of aliphatic carboxylic acids is 1. The number of esters is 1. The van der Waals surface area contributed by atoms with Crippen LogP contribution in [-0.2, 0) is 23.9 Å². The molecule has 0 spiro atoms. The zero-order chi connectivity index (χ0) is 25.1. The Hall–Kier alpha value is -2.35. The molecule has 4 rings (SSSR count). The van der Waals surface area contributed by atoms with E-state index in [0.29, 0.717) is 24.8 Å². The molecular weight excluding hydrogens is 443 g/mol. The lowest BCUT2D eigenvalue weighted by molar-refractivity contribution is -0.196. The van der Waals surface area contributed by atoms with Gasteiger partial charge in [-0.3, -0.25) is 19.2 Å². The molecule has 0 radical (unpaired) electrons. The Morgan fingerprint density at radius 1 is 1.21 bits per heavy atom. The predicted molar refractivity (Wildman–Crippen MR) is 119 cm³/mol. The molecule has 34 heavy (non-hydrogen) atoms. The Labute approximate surface area is 198 Å². The van der Waals surface area contributed by atoms with E-state index < -0.39 is 53.0 Å². The number of carboxylic acid groups (broad SMARTS) is 1. The number of halogens is 1. The van der Waals surface area contributed by atoms with Gasteiger partial charge in [-0.05, 0) is 62.0 Å². The zero-order valence-electron chi connectivity index (χ0n) is 19.9. The number of carboxylic acids is 1. The highest BCUT2D eigenvalue weighted by Gasteiger charge is 2.71. The van der Waals surface area contributed by atoms with E-state index in [9.17, 15) is 24.3 Å². The van der Waals surface area contributed by atoms with E-state index in [4.69, 9.17) is 9.84 Å². The van der Waals surface area contributed by atoms with E-state index in [1.54, 1.807) is 13.0 Å². The second-order valence-electron chi connectivity index (χ2n) is 11.1. The minimum Gasteiger partial charge on any atom is -0.481 e. The molecule has 0 amide bonds. The third-order valence-corrected chi connectivity index (χ3v) is 9.25. The highest BCUT2D eigenvalue weighted by atomic mass is 19.1. The average Bonchev–Trinajstić information content (AvgIpc) is 3.02. The Kier molecular flexibility index (Phi) is 6.12. The van der Waals surface area contributed by atoms with Crippen molar-refractivity contribution in [2.24, 2.45) is 34.5 Å². The summed E-state index contributed by atoms with van der Waals surface area (Å²) in [5.74, 6) is -3.50. The molecule has 0 saturated heterocycles. The van der Waals surface area contributed by atoms with Gasteiger partial charge in [0.1, 0.15) is 6.61 Å². The van der Waals surface area contributed by atoms with Gasteiger partial charge in [-0.2, -0.15) is 0 Å². The molecule has 8 heteroatoms. The molecule has 4 aliphatic carbocycles. The van der Waals surface area contributed by atoms with Gasteiger partial charge >= 0.3 is 11.9 Å². The number of aliphatic hydroxyl groups excluding tert-OH is 1. The number of ketones is 2. The van der Waals surface area contributed by atoms with Crippen LogP contribution in [-0.4, -0.2) is 52.1 Å². The Morgan fingerprint density at radius 3 is 2.59 bits per heavy atom. The number of Topliss-reactive ketones (excluding diaryl/α,β-unsaturated/α-hetero) is 1. The molecule has 3 fully saturated rings. The van der Waals surface area contributed by atoms with Gasteiger partial charge in [-0.15, -0.1) is 0 Å². The topological polar surface area (TPSA) is 118 Å². The highest BCUT2D eigenvalue weighted by molar-refractivity contribution is 6.01. The van der Waals surface area contributed by atoms with Crippen molar-refractivity contribution in [1.82, 2.24) is 0 Å². The first kappa shape index (κ1) is 24.8. The summed E-state index contributed by atoms with van der Waals surface area (Å²) >= 11 is 0. The van der Waals surface area contributed by atoms with E-state index in [1.807, 2.05) is 13.8 Å². The van der Waals surface area contributed by atoms with Crippen LogP contribution in [0.25, 0.3) is 0 Å². The molecule has 186 valence electrons. The van der Waals surface area contributed by atoms with Crippen molar-refractivity contribution in [1.29, 1.82) is 0 Å². The molecule has 3 saturated carbocycles. The summed E-state index contributed by atoms with van der Waals surface area (Å²) in [4.78, 5) is 47.6. The van der Waals surface area contributed by atoms with Gasteiger partial charge in [0.15, 0.2) is 17.2 Å². The number of carbonyl (C=O) groups is 4. The molecule has 0 aromatic heterocycles. The molecule has 8 atom stereocenters. The summed E-state index contributed by atoms with van der Waals surface area (Å²) in [6.45, 7) is 5.19. The first-order valence-corrected chi connectivity index (χ1v) is 12.1. The van der Waals surface area contributed by atoms with E-state index in [1.165, 1.54) is 12.2 Å². The maximum Gasteiger partial charge on any atom is 0.306 e. The molecule has 7 nitrogen and oxygen atoms in total. The Balaban J connectivity index is 1.57. The quantitative estimate of drug-likeness (QED) is 0.565. The van der Waals surface area contributed by atoms with E-state index in [0.717, 1.165) is 0 Å². The van der Waals surface area contributed by atoms with Crippen molar-refractivity contribution >= 4 is 23.5 Å². The van der Waals surface area contributed by atoms with Crippen LogP contribution in [0.15, 0.2) is 23.8 Å². The zero-order valence-corrected chi connectivity index (χ0v) is 19.9. The SMILES string of the molecule is C[C@@H]1C[C@H]2[C@@H]3CCC4=CC(=O)C=C[C@]4(C)[C@@]3(F)[C@@H](O)C[C@]2(C)[C@H]1C(=O)COC(=O)CCC(=O)O. The highest BCUT2D eigenvalue weighted by Crippen LogP contribution is 2.69. The van der Waals surface area contributed by atoms with Crippen LogP contribution in [0.1, 0.15) is 59.3 Å². The second kappa shape index (κ2) is 8.40. The van der Waals surface area contributed by atoms with Gasteiger partial charge < -0.3 is 14.9 Å². The molecule has 0 bridgehead atoms. The van der Waals surface area contributed by atoms with Crippen LogP contribution in [0.4, 0.5) is 4.39 Å². The van der Waals surface area contributed by atoms with E-state index in [2.05, 4.69) is 0 Å². The molecule has 0 aliphatic heterocycles. The summed E-state index contributed by atoms with van der Waals surface area (Å²) < 4.78 is 22.1. The number of hydrogen-bond donors (Lipinski definition) is 2. The fourth-order valence-corrected chi connectivity index (χ4v) is 7.79. The number of fused-ring (bicyclic) bond motifs is 5. The minimum absolute atomic E-state index is 0.0806. The molecule has 0 aromatic rings. The van der Waals surface area contributed by atoms with Crippen molar-refractivity contribution in [3.8, 4) is 0 Å². The van der Waals surface area contributed by atoms with Crippen LogP contribution in [0.3, 0.4) is 0 Å². The molecule has 2 N–H and O–H groups in total. The summed E-state index contributed by atoms with van der Waals surface area (Å²) in [5.41, 5.74) is -2.96. The number of alkyl halides is 1. The summed E-state index contributed by atoms with van der Waals surface area (Å²) in [6, 6.07) is 0. The molecular formula is C26H33FO7. The van der Waals surface area contributed by atoms with Crippen LogP contribution in [0.5, 0.6) is 0 Å². The number of hydrogen-bond acceptors (Lipinski definition) is 6. The molecule has 0 unspecified atom stereocenters. The lowest BCUT2D eigenvalue weighted by Crippen LogP contribution is -2.66. The summed E-state index contributed by atoms with van der Waals surface area (Å²) in [6.07, 6.45) is 4.29.